The van der Waals surface area contributed by atoms with Gasteiger partial charge >= 0.3 is 5.97 Å². The second kappa shape index (κ2) is 5.31. The van der Waals surface area contributed by atoms with Crippen molar-refractivity contribution in [1.29, 1.82) is 0 Å². The summed E-state index contributed by atoms with van der Waals surface area (Å²) in [4.78, 5) is 25.6. The highest BCUT2D eigenvalue weighted by Crippen LogP contribution is 2.22. The van der Waals surface area contributed by atoms with Gasteiger partial charge in [0.25, 0.3) is 0 Å². The van der Waals surface area contributed by atoms with Crippen molar-refractivity contribution in [3.63, 3.8) is 0 Å². The van der Waals surface area contributed by atoms with Gasteiger partial charge in [-0.15, -0.1) is 0 Å². The number of likely N-dealkylation sites (tertiary alicyclic amines) is 1. The molecule has 1 heterocycles. The van der Waals surface area contributed by atoms with Crippen LogP contribution in [0.15, 0.2) is 24.3 Å². The van der Waals surface area contributed by atoms with Crippen LogP contribution in [0.3, 0.4) is 0 Å². The Hall–Kier alpha value is -1.68. The Labute approximate surface area is 106 Å². The number of aromatic carboxylic acids is 1. The van der Waals surface area contributed by atoms with Gasteiger partial charge in [-0.3, -0.25) is 4.79 Å². The third-order valence-electron chi connectivity index (χ3n) is 3.51. The molecule has 0 saturated carbocycles. The minimum Gasteiger partial charge on any atom is -0.478 e. The van der Waals surface area contributed by atoms with Crippen LogP contribution in [0.25, 0.3) is 0 Å². The third kappa shape index (κ3) is 2.59. The Morgan fingerprint density at radius 1 is 1.17 bits per heavy atom. The van der Waals surface area contributed by atoms with Crippen molar-refractivity contribution in [1.82, 2.24) is 4.90 Å². The Balaban J connectivity index is 2.21. The maximum absolute atomic E-state index is 12.3. The highest BCUT2D eigenvalue weighted by atomic mass is 16.4. The van der Waals surface area contributed by atoms with E-state index in [1.54, 1.807) is 18.2 Å². The zero-order valence-electron chi connectivity index (χ0n) is 10.4. The molecule has 18 heavy (non-hydrogen) atoms. The topological polar surface area (TPSA) is 57.6 Å². The summed E-state index contributed by atoms with van der Waals surface area (Å²) in [6.07, 6.45) is 1.62. The number of carbonyl (C=O) groups is 2. The number of hydrogen-bond donors (Lipinski definition) is 1. The molecule has 1 saturated heterocycles. The van der Waals surface area contributed by atoms with Gasteiger partial charge in [-0.1, -0.05) is 18.2 Å². The van der Waals surface area contributed by atoms with Crippen LogP contribution in [-0.2, 0) is 0 Å². The Morgan fingerprint density at radius 3 is 2.28 bits per heavy atom. The summed E-state index contributed by atoms with van der Waals surface area (Å²) < 4.78 is 0. The number of carbonyl (C=O) groups excluding carboxylic acids is 1. The first kappa shape index (κ1) is 12.8. The van der Waals surface area contributed by atoms with Crippen molar-refractivity contribution < 1.29 is 14.7 Å². The molecule has 1 fully saturated rings. The molecule has 1 aliphatic rings. The van der Waals surface area contributed by atoms with Crippen molar-refractivity contribution in [2.45, 2.75) is 12.8 Å². The standard InChI is InChI=1S/C14H17NO3/c1-15-8-6-10(7-9-15)13(16)11-4-2-3-5-12(11)14(17)18/h2-5,10H,6-9H2,1H3,(H,17,18). The molecular formula is C14H17NO3. The van der Waals surface area contributed by atoms with E-state index in [4.69, 9.17) is 5.11 Å². The quantitative estimate of drug-likeness (QED) is 0.829. The molecule has 0 aliphatic carbocycles. The van der Waals surface area contributed by atoms with E-state index in [0.29, 0.717) is 5.56 Å². The van der Waals surface area contributed by atoms with E-state index in [2.05, 4.69) is 4.90 Å². The van der Waals surface area contributed by atoms with E-state index in [-0.39, 0.29) is 17.3 Å². The molecule has 1 aromatic carbocycles. The predicted octanol–water partition coefficient (Wildman–Crippen LogP) is 1.91. The van der Waals surface area contributed by atoms with Crippen LogP contribution in [0, 0.1) is 5.92 Å². The third-order valence-corrected chi connectivity index (χ3v) is 3.51. The van der Waals surface area contributed by atoms with Crippen molar-refractivity contribution in [2.24, 2.45) is 5.92 Å². The highest BCUT2D eigenvalue weighted by molar-refractivity contribution is 6.06. The molecule has 0 unspecified atom stereocenters. The predicted molar refractivity (Wildman–Crippen MR) is 68.0 cm³/mol. The number of carboxylic acids is 1. The van der Waals surface area contributed by atoms with Gasteiger partial charge in [-0.25, -0.2) is 4.79 Å². The second-order valence-electron chi connectivity index (χ2n) is 4.79. The van der Waals surface area contributed by atoms with Crippen molar-refractivity contribution in [2.75, 3.05) is 20.1 Å². The molecule has 0 aromatic heterocycles. The summed E-state index contributed by atoms with van der Waals surface area (Å²) >= 11 is 0. The van der Waals surface area contributed by atoms with E-state index in [1.807, 2.05) is 7.05 Å². The van der Waals surface area contributed by atoms with Crippen LogP contribution in [0.1, 0.15) is 33.6 Å². The molecule has 0 atom stereocenters. The molecule has 0 spiro atoms. The number of ketones is 1. The fourth-order valence-corrected chi connectivity index (χ4v) is 2.38. The van der Waals surface area contributed by atoms with E-state index in [9.17, 15) is 9.59 Å². The first-order valence-corrected chi connectivity index (χ1v) is 6.14. The summed E-state index contributed by atoms with van der Waals surface area (Å²) in [6, 6.07) is 6.47. The highest BCUT2D eigenvalue weighted by Gasteiger charge is 2.26. The van der Waals surface area contributed by atoms with Gasteiger partial charge in [0.15, 0.2) is 5.78 Å². The lowest BCUT2D eigenvalue weighted by atomic mass is 9.87. The lowest BCUT2D eigenvalue weighted by molar-refractivity contribution is 0.0687. The molecular weight excluding hydrogens is 230 g/mol. The summed E-state index contributed by atoms with van der Waals surface area (Å²) in [6.45, 7) is 1.79. The van der Waals surface area contributed by atoms with Crippen molar-refractivity contribution >= 4 is 11.8 Å². The van der Waals surface area contributed by atoms with Crippen LogP contribution in [0.5, 0.6) is 0 Å². The minimum atomic E-state index is -1.04. The first-order valence-electron chi connectivity index (χ1n) is 6.14. The zero-order valence-corrected chi connectivity index (χ0v) is 10.4. The number of nitrogens with zero attached hydrogens (tertiary/aromatic N) is 1. The van der Waals surface area contributed by atoms with Crippen LogP contribution in [0.2, 0.25) is 0 Å². The Kier molecular flexibility index (Phi) is 3.77. The molecule has 96 valence electrons. The summed E-state index contributed by atoms with van der Waals surface area (Å²) in [5, 5.41) is 9.09. The lowest BCUT2D eigenvalue weighted by Crippen LogP contribution is -2.34. The van der Waals surface area contributed by atoms with Gasteiger partial charge in [-0.2, -0.15) is 0 Å². The average molecular weight is 247 g/mol. The molecule has 2 rings (SSSR count). The van der Waals surface area contributed by atoms with Gasteiger partial charge < -0.3 is 10.0 Å². The average Bonchev–Trinajstić information content (AvgIpc) is 2.39. The van der Waals surface area contributed by atoms with Gasteiger partial charge in [0, 0.05) is 11.5 Å². The molecule has 1 N–H and O–H groups in total. The lowest BCUT2D eigenvalue weighted by Gasteiger charge is -2.28. The van der Waals surface area contributed by atoms with E-state index < -0.39 is 5.97 Å². The number of Topliss-reactive ketones (excluding diaryl/α,β-unsaturated/α-hetero) is 1. The number of piperidine rings is 1. The van der Waals surface area contributed by atoms with Crippen LogP contribution in [-0.4, -0.2) is 41.9 Å². The zero-order chi connectivity index (χ0) is 13.1. The molecule has 0 radical (unpaired) electrons. The fourth-order valence-electron chi connectivity index (χ4n) is 2.38. The molecule has 4 nitrogen and oxygen atoms in total. The minimum absolute atomic E-state index is 0.0268. The van der Waals surface area contributed by atoms with E-state index >= 15 is 0 Å². The monoisotopic (exact) mass is 247 g/mol. The molecule has 1 aromatic rings. The maximum Gasteiger partial charge on any atom is 0.336 e. The normalized spacial score (nSPS) is 17.6. The van der Waals surface area contributed by atoms with Crippen molar-refractivity contribution in [3.8, 4) is 0 Å². The number of hydrogen-bond acceptors (Lipinski definition) is 3. The summed E-state index contributed by atoms with van der Waals surface area (Å²) in [5.41, 5.74) is 0.459. The number of benzene rings is 1. The van der Waals surface area contributed by atoms with E-state index in [0.717, 1.165) is 25.9 Å². The van der Waals surface area contributed by atoms with Crippen LogP contribution in [0.4, 0.5) is 0 Å². The maximum atomic E-state index is 12.3. The summed E-state index contributed by atoms with van der Waals surface area (Å²) in [5.74, 6) is -1.10. The first-order chi connectivity index (χ1) is 8.59. The van der Waals surface area contributed by atoms with Crippen LogP contribution >= 0.6 is 0 Å². The molecule has 0 bridgehead atoms. The van der Waals surface area contributed by atoms with Gasteiger partial charge in [0.1, 0.15) is 0 Å². The smallest absolute Gasteiger partial charge is 0.336 e. The molecule has 1 aliphatic heterocycles. The number of carboxylic acid groups (broad SMARTS) is 1. The largest absolute Gasteiger partial charge is 0.478 e. The Bertz CT molecular complexity index is 462. The van der Waals surface area contributed by atoms with Gasteiger partial charge in [-0.05, 0) is 39.0 Å². The number of rotatable bonds is 3. The molecule has 4 heteroatoms. The second-order valence-corrected chi connectivity index (χ2v) is 4.79. The van der Waals surface area contributed by atoms with Crippen LogP contribution < -0.4 is 0 Å². The van der Waals surface area contributed by atoms with E-state index in [1.165, 1.54) is 6.07 Å². The summed E-state index contributed by atoms with van der Waals surface area (Å²) in [7, 11) is 2.03. The fraction of sp³-hybridized carbons (Fsp3) is 0.429. The van der Waals surface area contributed by atoms with Crippen molar-refractivity contribution in [3.05, 3.63) is 35.4 Å². The SMILES string of the molecule is CN1CCC(C(=O)c2ccccc2C(=O)O)CC1. The Morgan fingerprint density at radius 2 is 1.72 bits per heavy atom. The molecule has 0 amide bonds. The van der Waals surface area contributed by atoms with Gasteiger partial charge in [0.2, 0.25) is 0 Å². The van der Waals surface area contributed by atoms with Gasteiger partial charge in [0.05, 0.1) is 5.56 Å².